The summed E-state index contributed by atoms with van der Waals surface area (Å²) < 4.78 is 1.54. The van der Waals surface area contributed by atoms with E-state index in [0.717, 1.165) is 35.0 Å². The van der Waals surface area contributed by atoms with Gasteiger partial charge in [-0.1, -0.05) is 25.2 Å². The number of hydrogen-bond donors (Lipinski definition) is 1. The van der Waals surface area contributed by atoms with Gasteiger partial charge in [0.25, 0.3) is 5.56 Å². The van der Waals surface area contributed by atoms with Crippen molar-refractivity contribution in [2.45, 2.75) is 32.7 Å². The highest BCUT2D eigenvalue weighted by Crippen LogP contribution is 2.22. The van der Waals surface area contributed by atoms with Crippen LogP contribution in [0, 0.1) is 0 Å². The molecule has 0 aliphatic carbocycles. The van der Waals surface area contributed by atoms with Crippen LogP contribution in [0.2, 0.25) is 0 Å². The van der Waals surface area contributed by atoms with Crippen molar-refractivity contribution in [3.8, 4) is 10.6 Å². The van der Waals surface area contributed by atoms with Crippen LogP contribution in [0.1, 0.15) is 25.3 Å². The molecule has 0 atom stereocenters. The third kappa shape index (κ3) is 3.98. The molecule has 2 heterocycles. The van der Waals surface area contributed by atoms with Gasteiger partial charge < -0.3 is 9.88 Å². The highest BCUT2D eigenvalue weighted by Gasteiger charge is 2.07. The first-order valence-corrected chi connectivity index (χ1v) is 7.60. The second-order valence-corrected chi connectivity index (χ2v) is 6.14. The molecular formula is C14H20N4OS. The lowest BCUT2D eigenvalue weighted by Gasteiger charge is -2.05. The average molecular weight is 292 g/mol. The number of pyridine rings is 1. The zero-order valence-corrected chi connectivity index (χ0v) is 12.9. The first-order valence-electron chi connectivity index (χ1n) is 6.79. The second kappa shape index (κ2) is 6.76. The van der Waals surface area contributed by atoms with Gasteiger partial charge in [-0.3, -0.25) is 4.79 Å². The summed E-state index contributed by atoms with van der Waals surface area (Å²) in [4.78, 5) is 11.6. The maximum absolute atomic E-state index is 11.6. The summed E-state index contributed by atoms with van der Waals surface area (Å²) in [5, 5.41) is 13.6. The first kappa shape index (κ1) is 14.9. The molecule has 0 bridgehead atoms. The smallest absolute Gasteiger partial charge is 0.250 e. The quantitative estimate of drug-likeness (QED) is 0.825. The Morgan fingerprint density at radius 1 is 1.40 bits per heavy atom. The van der Waals surface area contributed by atoms with E-state index in [9.17, 15) is 4.79 Å². The Morgan fingerprint density at radius 2 is 2.20 bits per heavy atom. The van der Waals surface area contributed by atoms with Crippen molar-refractivity contribution in [2.24, 2.45) is 7.05 Å². The summed E-state index contributed by atoms with van der Waals surface area (Å²) in [6.07, 6.45) is 3.72. The average Bonchev–Trinajstić information content (AvgIpc) is 2.86. The normalized spacial score (nSPS) is 11.2. The molecule has 20 heavy (non-hydrogen) atoms. The van der Waals surface area contributed by atoms with E-state index in [2.05, 4.69) is 29.4 Å². The first-order chi connectivity index (χ1) is 9.56. The Kier molecular flexibility index (Phi) is 5.03. The Balaban J connectivity index is 1.98. The maximum atomic E-state index is 11.6. The summed E-state index contributed by atoms with van der Waals surface area (Å²) in [6, 6.07) is 4.01. The lowest BCUT2D eigenvalue weighted by atomic mass is 10.3. The molecule has 0 saturated heterocycles. The van der Waals surface area contributed by atoms with Crippen LogP contribution < -0.4 is 10.9 Å². The van der Waals surface area contributed by atoms with Crippen LogP contribution in [-0.4, -0.2) is 27.4 Å². The Morgan fingerprint density at radius 3 is 2.90 bits per heavy atom. The molecule has 0 spiro atoms. The van der Waals surface area contributed by atoms with Crippen LogP contribution in [0.4, 0.5) is 0 Å². The highest BCUT2D eigenvalue weighted by molar-refractivity contribution is 7.14. The number of aromatic nitrogens is 3. The van der Waals surface area contributed by atoms with Crippen LogP contribution in [0.15, 0.2) is 23.1 Å². The Bertz CT molecular complexity index is 618. The van der Waals surface area contributed by atoms with Gasteiger partial charge in [0.05, 0.1) is 0 Å². The molecule has 2 aromatic heterocycles. The number of rotatable bonds is 6. The van der Waals surface area contributed by atoms with Gasteiger partial charge in [-0.15, -0.1) is 10.2 Å². The van der Waals surface area contributed by atoms with Crippen molar-refractivity contribution in [1.29, 1.82) is 0 Å². The van der Waals surface area contributed by atoms with Crippen LogP contribution >= 0.6 is 11.3 Å². The molecule has 108 valence electrons. The van der Waals surface area contributed by atoms with Crippen LogP contribution in [0.3, 0.4) is 0 Å². The van der Waals surface area contributed by atoms with Gasteiger partial charge in [-0.2, -0.15) is 0 Å². The van der Waals surface area contributed by atoms with Crippen molar-refractivity contribution in [1.82, 2.24) is 20.1 Å². The van der Waals surface area contributed by atoms with Gasteiger partial charge in [-0.05, 0) is 19.0 Å². The zero-order valence-electron chi connectivity index (χ0n) is 12.1. The number of hydrogen-bond acceptors (Lipinski definition) is 5. The second-order valence-electron chi connectivity index (χ2n) is 5.08. The highest BCUT2D eigenvalue weighted by atomic mass is 32.1. The molecule has 0 radical (unpaired) electrons. The van der Waals surface area contributed by atoms with E-state index < -0.39 is 0 Å². The topological polar surface area (TPSA) is 59.8 Å². The van der Waals surface area contributed by atoms with Gasteiger partial charge in [0.15, 0.2) is 0 Å². The molecule has 0 saturated carbocycles. The van der Waals surface area contributed by atoms with E-state index in [-0.39, 0.29) is 5.56 Å². The lowest BCUT2D eigenvalue weighted by molar-refractivity contribution is 0.569. The van der Waals surface area contributed by atoms with Crippen molar-refractivity contribution in [3.63, 3.8) is 0 Å². The van der Waals surface area contributed by atoms with Crippen molar-refractivity contribution in [3.05, 3.63) is 33.7 Å². The van der Waals surface area contributed by atoms with Gasteiger partial charge in [0.2, 0.25) is 0 Å². The molecule has 1 N–H and O–H groups in total. The molecule has 0 aromatic carbocycles. The molecule has 0 aliphatic heterocycles. The summed E-state index contributed by atoms with van der Waals surface area (Å²) in [5.41, 5.74) is 0.817. The summed E-state index contributed by atoms with van der Waals surface area (Å²) in [7, 11) is 1.74. The largest absolute Gasteiger partial charge is 0.319 e. The predicted molar refractivity (Wildman–Crippen MR) is 82.0 cm³/mol. The van der Waals surface area contributed by atoms with Gasteiger partial charge >= 0.3 is 0 Å². The molecule has 0 amide bonds. The number of nitrogens with zero attached hydrogens (tertiary/aromatic N) is 3. The van der Waals surface area contributed by atoms with E-state index in [1.807, 2.05) is 6.07 Å². The summed E-state index contributed by atoms with van der Waals surface area (Å²) in [5.74, 6) is 0. The van der Waals surface area contributed by atoms with E-state index >= 15 is 0 Å². The maximum Gasteiger partial charge on any atom is 0.250 e. The van der Waals surface area contributed by atoms with Crippen LogP contribution in [0.25, 0.3) is 10.6 Å². The Labute approximate surface area is 122 Å². The number of nitrogens with one attached hydrogen (secondary N) is 1. The van der Waals surface area contributed by atoms with E-state index in [1.165, 1.54) is 0 Å². The summed E-state index contributed by atoms with van der Waals surface area (Å²) >= 11 is 1.56. The molecule has 0 aliphatic rings. The van der Waals surface area contributed by atoms with Crippen molar-refractivity contribution in [2.75, 3.05) is 6.54 Å². The van der Waals surface area contributed by atoms with E-state index in [4.69, 9.17) is 0 Å². The Hall–Kier alpha value is -1.53. The minimum atomic E-state index is -0.0274. The minimum Gasteiger partial charge on any atom is -0.319 e. The lowest BCUT2D eigenvalue weighted by Crippen LogP contribution is -2.23. The van der Waals surface area contributed by atoms with Gasteiger partial charge in [0.1, 0.15) is 10.0 Å². The van der Waals surface area contributed by atoms with Crippen LogP contribution in [-0.2, 0) is 13.5 Å². The molecule has 6 heteroatoms. The third-order valence-electron chi connectivity index (χ3n) is 2.94. The molecule has 0 unspecified atom stereocenters. The van der Waals surface area contributed by atoms with Crippen molar-refractivity contribution < 1.29 is 0 Å². The molecule has 5 nitrogen and oxygen atoms in total. The van der Waals surface area contributed by atoms with E-state index in [1.54, 1.807) is 35.2 Å². The monoisotopic (exact) mass is 292 g/mol. The van der Waals surface area contributed by atoms with Gasteiger partial charge in [-0.25, -0.2) is 0 Å². The number of aryl methyl sites for hydroxylation is 2. The standard InChI is InChI=1S/C14H20N4OS/c1-10(2)15-7-4-5-12-16-17-14(20-12)11-6-8-18(3)13(19)9-11/h6,8-10,15H,4-5,7H2,1-3H3. The fourth-order valence-corrected chi connectivity index (χ4v) is 2.66. The SMILES string of the molecule is CC(C)NCCCc1nnc(-c2ccn(C)c(=O)c2)s1. The van der Waals surface area contributed by atoms with E-state index in [0.29, 0.717) is 6.04 Å². The van der Waals surface area contributed by atoms with Gasteiger partial charge in [0, 0.05) is 37.3 Å². The predicted octanol–water partition coefficient (Wildman–Crippen LogP) is 1.83. The van der Waals surface area contributed by atoms with Crippen LogP contribution in [0.5, 0.6) is 0 Å². The molecule has 2 aromatic rings. The fourth-order valence-electron chi connectivity index (χ4n) is 1.78. The summed E-state index contributed by atoms with van der Waals surface area (Å²) in [6.45, 7) is 5.26. The minimum absolute atomic E-state index is 0.0274. The zero-order chi connectivity index (χ0) is 14.5. The van der Waals surface area contributed by atoms with Crippen molar-refractivity contribution >= 4 is 11.3 Å². The molecular weight excluding hydrogens is 272 g/mol. The molecule has 0 fully saturated rings. The molecule has 2 rings (SSSR count). The third-order valence-corrected chi connectivity index (χ3v) is 3.97. The fraction of sp³-hybridized carbons (Fsp3) is 0.500.